The lowest BCUT2D eigenvalue weighted by molar-refractivity contribution is 0.362. The summed E-state index contributed by atoms with van der Waals surface area (Å²) in [6.45, 7) is 6.18. The Hall–Kier alpha value is -1.22. The summed E-state index contributed by atoms with van der Waals surface area (Å²) in [5.41, 5.74) is 2.09. The Morgan fingerprint density at radius 2 is 2.00 bits per heavy atom. The first-order valence-corrected chi connectivity index (χ1v) is 8.39. The molecule has 1 atom stereocenters. The first-order valence-electron chi connectivity index (χ1n) is 8.39. The van der Waals surface area contributed by atoms with Crippen LogP contribution in [0.1, 0.15) is 57.6 Å². The fourth-order valence-electron chi connectivity index (χ4n) is 3.41. The van der Waals surface area contributed by atoms with E-state index >= 15 is 0 Å². The minimum atomic E-state index is 0.188. The maximum atomic E-state index is 10.3. The lowest BCUT2D eigenvalue weighted by atomic mass is 9.89. The molecule has 1 fully saturated rings. The van der Waals surface area contributed by atoms with Gasteiger partial charge in [-0.2, -0.15) is 0 Å². The van der Waals surface area contributed by atoms with Crippen molar-refractivity contribution in [3.8, 4) is 5.75 Å². The van der Waals surface area contributed by atoms with Crippen LogP contribution in [0.15, 0.2) is 18.2 Å². The van der Waals surface area contributed by atoms with Crippen molar-refractivity contribution < 1.29 is 5.11 Å². The van der Waals surface area contributed by atoms with Crippen LogP contribution in [0.25, 0.3) is 0 Å². The van der Waals surface area contributed by atoms with E-state index in [4.69, 9.17) is 0 Å². The quantitative estimate of drug-likeness (QED) is 0.828. The average Bonchev–Trinajstić information content (AvgIpc) is 2.48. The van der Waals surface area contributed by atoms with Crippen LogP contribution in [0.4, 0.5) is 5.69 Å². The highest BCUT2D eigenvalue weighted by atomic mass is 16.3. The van der Waals surface area contributed by atoms with Gasteiger partial charge in [-0.05, 0) is 38.3 Å². The van der Waals surface area contributed by atoms with E-state index in [1.807, 2.05) is 6.07 Å². The zero-order chi connectivity index (χ0) is 15.2. The van der Waals surface area contributed by atoms with E-state index in [-0.39, 0.29) is 6.04 Å². The summed E-state index contributed by atoms with van der Waals surface area (Å²) in [4.78, 5) is 2.29. The summed E-state index contributed by atoms with van der Waals surface area (Å²) in [5, 5.41) is 13.6. The van der Waals surface area contributed by atoms with E-state index in [2.05, 4.69) is 43.2 Å². The smallest absolute Gasteiger partial charge is 0.122 e. The van der Waals surface area contributed by atoms with Crippen molar-refractivity contribution in [2.75, 3.05) is 25.0 Å². The van der Waals surface area contributed by atoms with Gasteiger partial charge in [-0.1, -0.05) is 32.3 Å². The summed E-state index contributed by atoms with van der Waals surface area (Å²) in [6, 6.07) is 6.28. The molecule has 3 nitrogen and oxygen atoms in total. The van der Waals surface area contributed by atoms with Crippen molar-refractivity contribution >= 4 is 5.69 Å². The van der Waals surface area contributed by atoms with Gasteiger partial charge in [0.25, 0.3) is 0 Å². The van der Waals surface area contributed by atoms with Crippen LogP contribution in [-0.4, -0.2) is 25.2 Å². The number of anilines is 1. The Morgan fingerprint density at radius 3 is 2.62 bits per heavy atom. The molecule has 2 N–H and O–H groups in total. The van der Waals surface area contributed by atoms with Crippen LogP contribution in [0, 0.1) is 5.92 Å². The fraction of sp³-hybridized carbons (Fsp3) is 0.667. The number of phenolic OH excluding ortho intramolecular Hbond substituents is 1. The lowest BCUT2D eigenvalue weighted by Crippen LogP contribution is -2.26. The molecule has 0 amide bonds. The van der Waals surface area contributed by atoms with Crippen LogP contribution in [0.2, 0.25) is 0 Å². The highest BCUT2D eigenvalue weighted by Gasteiger charge is 2.17. The Kier molecular flexibility index (Phi) is 5.92. The third kappa shape index (κ3) is 4.37. The Labute approximate surface area is 129 Å². The maximum Gasteiger partial charge on any atom is 0.122 e. The second-order valence-corrected chi connectivity index (χ2v) is 6.41. The number of benzene rings is 1. The van der Waals surface area contributed by atoms with Gasteiger partial charge in [-0.3, -0.25) is 0 Å². The van der Waals surface area contributed by atoms with E-state index in [0.717, 1.165) is 30.3 Å². The lowest BCUT2D eigenvalue weighted by Gasteiger charge is -2.29. The minimum absolute atomic E-state index is 0.188. The van der Waals surface area contributed by atoms with Gasteiger partial charge < -0.3 is 15.3 Å². The summed E-state index contributed by atoms with van der Waals surface area (Å²) >= 11 is 0. The normalized spacial score (nSPS) is 17.7. The Morgan fingerprint density at radius 1 is 1.29 bits per heavy atom. The van der Waals surface area contributed by atoms with Crippen molar-refractivity contribution in [2.24, 2.45) is 5.92 Å². The molecule has 0 aliphatic heterocycles. The molecule has 1 aliphatic rings. The molecule has 0 bridgehead atoms. The van der Waals surface area contributed by atoms with Gasteiger partial charge in [0.05, 0.1) is 0 Å². The van der Waals surface area contributed by atoms with E-state index in [1.165, 1.54) is 32.1 Å². The molecule has 3 heteroatoms. The van der Waals surface area contributed by atoms with Crippen molar-refractivity contribution in [2.45, 2.75) is 52.0 Å². The van der Waals surface area contributed by atoms with Crippen molar-refractivity contribution in [3.05, 3.63) is 23.8 Å². The molecular weight excluding hydrogens is 260 g/mol. The van der Waals surface area contributed by atoms with Crippen LogP contribution < -0.4 is 10.2 Å². The standard InChI is InChI=1S/C18H30N2O/c1-4-19-14(2)17-11-10-16(12-18(17)21)20(3)13-15-8-6-5-7-9-15/h10-12,14-15,19,21H,4-9,13H2,1-3H3. The number of phenols is 1. The van der Waals surface area contributed by atoms with Gasteiger partial charge in [0.15, 0.2) is 0 Å². The Balaban J connectivity index is 2.01. The average molecular weight is 290 g/mol. The van der Waals surface area contributed by atoms with Crippen molar-refractivity contribution in [3.63, 3.8) is 0 Å². The molecule has 21 heavy (non-hydrogen) atoms. The van der Waals surface area contributed by atoms with E-state index in [1.54, 1.807) is 0 Å². The molecular formula is C18H30N2O. The molecule has 2 rings (SSSR count). The second kappa shape index (κ2) is 7.69. The molecule has 0 aromatic heterocycles. The summed E-state index contributed by atoms with van der Waals surface area (Å²) in [6.07, 6.45) is 6.86. The van der Waals surface area contributed by atoms with Crippen LogP contribution >= 0.6 is 0 Å². The maximum absolute atomic E-state index is 10.3. The van der Waals surface area contributed by atoms with Gasteiger partial charge in [0, 0.05) is 37.0 Å². The topological polar surface area (TPSA) is 35.5 Å². The molecule has 1 saturated carbocycles. The fourth-order valence-corrected chi connectivity index (χ4v) is 3.41. The molecule has 1 aliphatic carbocycles. The predicted molar refractivity (Wildman–Crippen MR) is 90.0 cm³/mol. The Bertz CT molecular complexity index is 441. The second-order valence-electron chi connectivity index (χ2n) is 6.41. The number of aromatic hydroxyl groups is 1. The zero-order valence-electron chi connectivity index (χ0n) is 13.7. The highest BCUT2D eigenvalue weighted by molar-refractivity contribution is 5.53. The summed E-state index contributed by atoms with van der Waals surface area (Å²) in [5.74, 6) is 1.21. The molecule has 1 aromatic rings. The first kappa shape index (κ1) is 16.2. The third-order valence-electron chi connectivity index (χ3n) is 4.69. The molecule has 0 heterocycles. The van der Waals surface area contributed by atoms with Gasteiger partial charge >= 0.3 is 0 Å². The molecule has 1 unspecified atom stereocenters. The highest BCUT2D eigenvalue weighted by Crippen LogP contribution is 2.30. The van der Waals surface area contributed by atoms with Gasteiger partial charge in [0.1, 0.15) is 5.75 Å². The predicted octanol–water partition coefficient (Wildman–Crippen LogP) is 4.08. The molecule has 0 spiro atoms. The van der Waals surface area contributed by atoms with Crippen LogP contribution in [-0.2, 0) is 0 Å². The molecule has 118 valence electrons. The van der Waals surface area contributed by atoms with Crippen LogP contribution in [0.3, 0.4) is 0 Å². The van der Waals surface area contributed by atoms with E-state index < -0.39 is 0 Å². The number of nitrogens with zero attached hydrogens (tertiary/aromatic N) is 1. The van der Waals surface area contributed by atoms with Gasteiger partial charge in [-0.15, -0.1) is 0 Å². The number of hydrogen-bond acceptors (Lipinski definition) is 3. The van der Waals surface area contributed by atoms with Crippen molar-refractivity contribution in [1.82, 2.24) is 5.32 Å². The SMILES string of the molecule is CCNC(C)c1ccc(N(C)CC2CCCCC2)cc1O. The minimum Gasteiger partial charge on any atom is -0.508 e. The van der Waals surface area contributed by atoms with Crippen molar-refractivity contribution in [1.29, 1.82) is 0 Å². The number of hydrogen-bond donors (Lipinski definition) is 2. The van der Waals surface area contributed by atoms with E-state index in [9.17, 15) is 5.11 Å². The number of nitrogens with one attached hydrogen (secondary N) is 1. The van der Waals surface area contributed by atoms with Crippen LogP contribution in [0.5, 0.6) is 5.75 Å². The number of rotatable bonds is 6. The van der Waals surface area contributed by atoms with Gasteiger partial charge in [0.2, 0.25) is 0 Å². The first-order chi connectivity index (χ1) is 10.1. The summed E-state index contributed by atoms with van der Waals surface area (Å²) < 4.78 is 0. The molecule has 1 aromatic carbocycles. The summed E-state index contributed by atoms with van der Waals surface area (Å²) in [7, 11) is 2.14. The molecule has 0 radical (unpaired) electrons. The zero-order valence-corrected chi connectivity index (χ0v) is 13.7. The third-order valence-corrected chi connectivity index (χ3v) is 4.69. The largest absolute Gasteiger partial charge is 0.508 e. The monoisotopic (exact) mass is 290 g/mol. The van der Waals surface area contributed by atoms with Gasteiger partial charge in [-0.25, -0.2) is 0 Å². The van der Waals surface area contributed by atoms with E-state index in [0.29, 0.717) is 5.75 Å². The molecule has 0 saturated heterocycles.